The van der Waals surface area contributed by atoms with Gasteiger partial charge < -0.3 is 10.1 Å². The molecular formula is C17H19ClN4OS. The van der Waals surface area contributed by atoms with Gasteiger partial charge in [-0.15, -0.1) is 0 Å². The van der Waals surface area contributed by atoms with E-state index >= 15 is 0 Å². The van der Waals surface area contributed by atoms with E-state index in [1.807, 2.05) is 10.9 Å². The van der Waals surface area contributed by atoms with Gasteiger partial charge in [-0.1, -0.05) is 29.0 Å². The van der Waals surface area contributed by atoms with E-state index in [-0.39, 0.29) is 0 Å². The number of ether oxygens (including phenoxy) is 1. The van der Waals surface area contributed by atoms with Gasteiger partial charge in [0.2, 0.25) is 0 Å². The van der Waals surface area contributed by atoms with Crippen LogP contribution in [0.15, 0.2) is 24.4 Å². The molecule has 0 saturated carbocycles. The van der Waals surface area contributed by atoms with E-state index in [0.29, 0.717) is 17.8 Å². The molecule has 3 heterocycles. The lowest BCUT2D eigenvalue weighted by atomic mass is 10.1. The Morgan fingerprint density at radius 2 is 2.38 bits per heavy atom. The van der Waals surface area contributed by atoms with Crippen LogP contribution in [0.3, 0.4) is 0 Å². The minimum absolute atomic E-state index is 0.310. The van der Waals surface area contributed by atoms with Gasteiger partial charge in [0.1, 0.15) is 0 Å². The van der Waals surface area contributed by atoms with Gasteiger partial charge in [0, 0.05) is 24.9 Å². The summed E-state index contributed by atoms with van der Waals surface area (Å²) in [6.07, 6.45) is 4.48. The highest BCUT2D eigenvalue weighted by Crippen LogP contribution is 2.30. The fourth-order valence-electron chi connectivity index (χ4n) is 3.05. The Bertz CT molecular complexity index is 854. The number of halogens is 1. The molecule has 1 aliphatic rings. The number of benzene rings is 1. The minimum Gasteiger partial charge on any atom is -0.376 e. The number of thiazole rings is 1. The van der Waals surface area contributed by atoms with Gasteiger partial charge >= 0.3 is 0 Å². The molecule has 0 bridgehead atoms. The Morgan fingerprint density at radius 3 is 3.12 bits per heavy atom. The Labute approximate surface area is 149 Å². The molecule has 0 spiro atoms. The normalized spacial score (nSPS) is 17.7. The highest BCUT2D eigenvalue weighted by molar-refractivity contribution is 7.22. The topological polar surface area (TPSA) is 52.0 Å². The average Bonchev–Trinajstić information content (AvgIpc) is 3.26. The first-order chi connectivity index (χ1) is 11.7. The first-order valence-electron chi connectivity index (χ1n) is 8.12. The van der Waals surface area contributed by atoms with E-state index in [9.17, 15) is 0 Å². The van der Waals surface area contributed by atoms with E-state index in [4.69, 9.17) is 21.3 Å². The zero-order valence-corrected chi connectivity index (χ0v) is 15.0. The first-order valence-corrected chi connectivity index (χ1v) is 9.31. The number of aryl methyl sites for hydroxylation is 1. The highest BCUT2D eigenvalue weighted by atomic mass is 35.5. The minimum atomic E-state index is 0.310. The van der Waals surface area contributed by atoms with Crippen molar-refractivity contribution in [1.82, 2.24) is 14.8 Å². The van der Waals surface area contributed by atoms with E-state index in [1.54, 1.807) is 17.4 Å². The molecule has 3 aromatic rings. The van der Waals surface area contributed by atoms with Crippen LogP contribution in [0.1, 0.15) is 24.0 Å². The third-order valence-electron chi connectivity index (χ3n) is 4.16. The van der Waals surface area contributed by atoms with Crippen molar-refractivity contribution in [1.29, 1.82) is 0 Å². The SMILES string of the molecule is Cc1cc(Cn2ccc(Cl)n2)c2nc(NCC3CCCO3)sc2c1. The van der Waals surface area contributed by atoms with Gasteiger partial charge in [-0.05, 0) is 37.5 Å². The van der Waals surface area contributed by atoms with Crippen molar-refractivity contribution in [2.45, 2.75) is 32.4 Å². The van der Waals surface area contributed by atoms with E-state index in [0.717, 1.165) is 42.2 Å². The number of hydrogen-bond acceptors (Lipinski definition) is 5. The van der Waals surface area contributed by atoms with Gasteiger partial charge in [0.15, 0.2) is 10.3 Å². The molecule has 2 aromatic heterocycles. The van der Waals surface area contributed by atoms with Crippen LogP contribution in [0.4, 0.5) is 5.13 Å². The Morgan fingerprint density at radius 1 is 1.46 bits per heavy atom. The van der Waals surface area contributed by atoms with Crippen molar-refractivity contribution in [2.24, 2.45) is 0 Å². The summed E-state index contributed by atoms with van der Waals surface area (Å²) >= 11 is 7.61. The maximum atomic E-state index is 5.92. The van der Waals surface area contributed by atoms with Gasteiger partial charge in [0.05, 0.1) is 22.9 Å². The van der Waals surface area contributed by atoms with Crippen LogP contribution in [-0.2, 0) is 11.3 Å². The Balaban J connectivity index is 1.58. The zero-order chi connectivity index (χ0) is 16.5. The van der Waals surface area contributed by atoms with Gasteiger partial charge in [-0.3, -0.25) is 4.68 Å². The van der Waals surface area contributed by atoms with Crippen molar-refractivity contribution >= 4 is 38.3 Å². The number of anilines is 1. The van der Waals surface area contributed by atoms with Crippen LogP contribution in [-0.4, -0.2) is 34.0 Å². The lowest BCUT2D eigenvalue weighted by Crippen LogP contribution is -2.18. The maximum absolute atomic E-state index is 5.92. The standard InChI is InChI=1S/C17H19ClN4OS/c1-11-7-12(10-22-5-4-15(18)21-22)16-14(8-11)24-17(20-16)19-9-13-3-2-6-23-13/h4-5,7-8,13H,2-3,6,9-10H2,1H3,(H,19,20). The summed E-state index contributed by atoms with van der Waals surface area (Å²) in [6, 6.07) is 6.15. The highest BCUT2D eigenvalue weighted by Gasteiger charge is 2.16. The smallest absolute Gasteiger partial charge is 0.183 e. The van der Waals surface area contributed by atoms with Gasteiger partial charge in [0.25, 0.3) is 0 Å². The summed E-state index contributed by atoms with van der Waals surface area (Å²) in [5.74, 6) is 0. The number of nitrogens with one attached hydrogen (secondary N) is 1. The summed E-state index contributed by atoms with van der Waals surface area (Å²) in [6.45, 7) is 4.48. The summed E-state index contributed by atoms with van der Waals surface area (Å²) in [7, 11) is 0. The fraction of sp³-hybridized carbons (Fsp3) is 0.412. The summed E-state index contributed by atoms with van der Waals surface area (Å²) in [4.78, 5) is 4.80. The predicted molar refractivity (Wildman–Crippen MR) is 98.2 cm³/mol. The summed E-state index contributed by atoms with van der Waals surface area (Å²) in [5, 5.41) is 9.15. The molecule has 1 saturated heterocycles. The number of nitrogens with zero attached hydrogens (tertiary/aromatic N) is 3. The van der Waals surface area contributed by atoms with Crippen LogP contribution in [0.25, 0.3) is 10.2 Å². The lowest BCUT2D eigenvalue weighted by Gasteiger charge is -2.09. The molecule has 1 atom stereocenters. The number of rotatable bonds is 5. The molecule has 1 unspecified atom stereocenters. The average molecular weight is 363 g/mol. The van der Waals surface area contributed by atoms with Crippen molar-refractivity contribution in [3.8, 4) is 0 Å². The maximum Gasteiger partial charge on any atom is 0.183 e. The first kappa shape index (κ1) is 15.9. The molecule has 5 nitrogen and oxygen atoms in total. The quantitative estimate of drug-likeness (QED) is 0.742. The molecule has 24 heavy (non-hydrogen) atoms. The second-order valence-corrected chi connectivity index (χ2v) is 7.56. The molecule has 1 aromatic carbocycles. The number of fused-ring (bicyclic) bond motifs is 1. The molecule has 0 radical (unpaired) electrons. The Hall–Kier alpha value is -1.63. The summed E-state index contributed by atoms with van der Waals surface area (Å²) in [5.41, 5.74) is 3.42. The van der Waals surface area contributed by atoms with Crippen LogP contribution in [0.2, 0.25) is 5.15 Å². The van der Waals surface area contributed by atoms with Crippen LogP contribution < -0.4 is 5.32 Å². The predicted octanol–water partition coefficient (Wildman–Crippen LogP) is 4.09. The van der Waals surface area contributed by atoms with Crippen LogP contribution in [0, 0.1) is 6.92 Å². The van der Waals surface area contributed by atoms with Crippen LogP contribution in [0.5, 0.6) is 0 Å². The monoisotopic (exact) mass is 362 g/mol. The Kier molecular flexibility index (Phi) is 4.43. The van der Waals surface area contributed by atoms with Gasteiger partial charge in [-0.2, -0.15) is 5.10 Å². The summed E-state index contributed by atoms with van der Waals surface area (Å²) < 4.78 is 8.70. The van der Waals surface area contributed by atoms with E-state index in [2.05, 4.69) is 29.5 Å². The molecule has 7 heteroatoms. The third kappa shape index (κ3) is 3.41. The molecule has 0 amide bonds. The third-order valence-corrected chi connectivity index (χ3v) is 5.33. The second kappa shape index (κ2) is 6.70. The molecule has 1 aliphatic heterocycles. The van der Waals surface area contributed by atoms with Gasteiger partial charge in [-0.25, -0.2) is 4.98 Å². The molecule has 4 rings (SSSR count). The van der Waals surface area contributed by atoms with Crippen molar-refractivity contribution < 1.29 is 4.74 Å². The molecule has 0 aliphatic carbocycles. The fourth-order valence-corrected chi connectivity index (χ4v) is 4.23. The number of aromatic nitrogens is 3. The van der Waals surface area contributed by atoms with Crippen molar-refractivity contribution in [3.63, 3.8) is 0 Å². The second-order valence-electron chi connectivity index (χ2n) is 6.14. The van der Waals surface area contributed by atoms with Crippen molar-refractivity contribution in [3.05, 3.63) is 40.7 Å². The molecule has 1 fully saturated rings. The largest absolute Gasteiger partial charge is 0.376 e. The molecule has 1 N–H and O–H groups in total. The molecular weight excluding hydrogens is 344 g/mol. The molecule has 126 valence electrons. The van der Waals surface area contributed by atoms with E-state index in [1.165, 1.54) is 10.3 Å². The van der Waals surface area contributed by atoms with Crippen molar-refractivity contribution in [2.75, 3.05) is 18.5 Å². The zero-order valence-electron chi connectivity index (χ0n) is 13.5. The lowest BCUT2D eigenvalue weighted by molar-refractivity contribution is 0.120. The van der Waals surface area contributed by atoms with Crippen LogP contribution >= 0.6 is 22.9 Å². The number of hydrogen-bond donors (Lipinski definition) is 1. The van der Waals surface area contributed by atoms with E-state index < -0.39 is 0 Å².